The van der Waals surface area contributed by atoms with E-state index in [9.17, 15) is 9.59 Å². The van der Waals surface area contributed by atoms with Crippen molar-refractivity contribution < 1.29 is 9.59 Å². The third-order valence-electron chi connectivity index (χ3n) is 6.37. The smallest absolute Gasteiger partial charge is 0.226 e. The molecule has 0 unspecified atom stereocenters. The number of thiazole rings is 1. The topological polar surface area (TPSA) is 117 Å². The number of aromatic nitrogens is 5. The van der Waals surface area contributed by atoms with Crippen molar-refractivity contribution in [2.24, 2.45) is 0 Å². The summed E-state index contributed by atoms with van der Waals surface area (Å²) < 4.78 is 1.93. The zero-order valence-corrected chi connectivity index (χ0v) is 21.4. The van der Waals surface area contributed by atoms with Gasteiger partial charge in [-0.15, -0.1) is 11.3 Å². The lowest BCUT2D eigenvalue weighted by Crippen LogP contribution is -2.30. The Balaban J connectivity index is 1.29. The van der Waals surface area contributed by atoms with Crippen molar-refractivity contribution in [2.45, 2.75) is 44.6 Å². The summed E-state index contributed by atoms with van der Waals surface area (Å²) in [5, 5.41) is 9.95. The van der Waals surface area contributed by atoms with Crippen LogP contribution in [0.3, 0.4) is 0 Å². The number of unbranched alkanes of at least 4 members (excludes halogenated alkanes) is 2. The standard InChI is InChI=1S/C27H29N7O2S/c1-28-24(35)6-4-2-3-5-22(32-25(36)14-21-17-34-11-12-37-27(34)31-21)26-30-16-23(33-26)19-8-7-18-9-10-29-15-20(18)13-19/h7-13,15-17,22H,2-6,14H2,1H3,(H,28,35)(H,30,33)(H,32,36)/t22-/m0/s1. The van der Waals surface area contributed by atoms with Crippen LogP contribution >= 0.6 is 11.3 Å². The quantitative estimate of drug-likeness (QED) is 0.225. The van der Waals surface area contributed by atoms with E-state index in [1.54, 1.807) is 19.4 Å². The minimum Gasteiger partial charge on any atom is -0.359 e. The van der Waals surface area contributed by atoms with E-state index in [0.717, 1.165) is 51.9 Å². The number of carbonyl (C=O) groups is 2. The third-order valence-corrected chi connectivity index (χ3v) is 7.14. The summed E-state index contributed by atoms with van der Waals surface area (Å²) in [6, 6.07) is 7.91. The molecule has 5 rings (SSSR count). The lowest BCUT2D eigenvalue weighted by molar-refractivity contribution is -0.121. The molecule has 0 saturated heterocycles. The second-order valence-corrected chi connectivity index (χ2v) is 9.89. The van der Waals surface area contributed by atoms with Gasteiger partial charge >= 0.3 is 0 Å². The van der Waals surface area contributed by atoms with Crippen LogP contribution in [0.2, 0.25) is 0 Å². The lowest BCUT2D eigenvalue weighted by atomic mass is 10.1. The first-order valence-corrected chi connectivity index (χ1v) is 13.3. The second kappa shape index (κ2) is 11.3. The van der Waals surface area contributed by atoms with E-state index in [-0.39, 0.29) is 24.3 Å². The summed E-state index contributed by atoms with van der Waals surface area (Å²) in [5.74, 6) is 0.661. The zero-order valence-electron chi connectivity index (χ0n) is 20.6. The minimum absolute atomic E-state index is 0.0473. The third kappa shape index (κ3) is 6.03. The Labute approximate surface area is 218 Å². The molecule has 2 amide bonds. The molecule has 4 heterocycles. The highest BCUT2D eigenvalue weighted by Gasteiger charge is 2.19. The first-order chi connectivity index (χ1) is 18.1. The van der Waals surface area contributed by atoms with Gasteiger partial charge in [0, 0.05) is 54.6 Å². The predicted octanol–water partition coefficient (Wildman–Crippen LogP) is 4.43. The van der Waals surface area contributed by atoms with Gasteiger partial charge in [0.2, 0.25) is 11.8 Å². The highest BCUT2D eigenvalue weighted by Crippen LogP contribution is 2.25. The van der Waals surface area contributed by atoms with Crippen molar-refractivity contribution in [3.8, 4) is 11.3 Å². The largest absolute Gasteiger partial charge is 0.359 e. The maximum absolute atomic E-state index is 13.0. The highest BCUT2D eigenvalue weighted by atomic mass is 32.1. The molecule has 0 saturated carbocycles. The van der Waals surface area contributed by atoms with Crippen molar-refractivity contribution in [3.63, 3.8) is 0 Å². The van der Waals surface area contributed by atoms with Crippen LogP contribution in [0.15, 0.2) is 60.6 Å². The molecule has 0 aliphatic heterocycles. The summed E-state index contributed by atoms with van der Waals surface area (Å²) in [6.07, 6.45) is 13.2. The molecule has 37 heavy (non-hydrogen) atoms. The van der Waals surface area contributed by atoms with E-state index < -0.39 is 0 Å². The molecule has 4 aromatic heterocycles. The molecule has 9 nitrogen and oxygen atoms in total. The first kappa shape index (κ1) is 24.6. The molecule has 0 fully saturated rings. The molecule has 10 heteroatoms. The number of rotatable bonds is 11. The van der Waals surface area contributed by atoms with Crippen LogP contribution in [0, 0.1) is 0 Å². The van der Waals surface area contributed by atoms with Crippen molar-refractivity contribution in [3.05, 3.63) is 72.1 Å². The average molecular weight is 516 g/mol. The van der Waals surface area contributed by atoms with E-state index in [2.05, 4.69) is 48.8 Å². The maximum Gasteiger partial charge on any atom is 0.226 e. The zero-order chi connectivity index (χ0) is 25.6. The van der Waals surface area contributed by atoms with E-state index in [4.69, 9.17) is 0 Å². The van der Waals surface area contributed by atoms with Gasteiger partial charge in [0.25, 0.3) is 0 Å². The lowest BCUT2D eigenvalue weighted by Gasteiger charge is -2.17. The van der Waals surface area contributed by atoms with Gasteiger partial charge in [-0.3, -0.25) is 19.0 Å². The molecule has 1 aromatic carbocycles. The number of pyridine rings is 1. The number of hydrogen-bond donors (Lipinski definition) is 3. The molecular formula is C27H29N7O2S. The van der Waals surface area contributed by atoms with Crippen LogP contribution < -0.4 is 10.6 Å². The van der Waals surface area contributed by atoms with Gasteiger partial charge in [0.1, 0.15) is 5.82 Å². The van der Waals surface area contributed by atoms with Gasteiger partial charge in [-0.2, -0.15) is 0 Å². The Morgan fingerprint density at radius 1 is 1.11 bits per heavy atom. The Morgan fingerprint density at radius 2 is 2.03 bits per heavy atom. The van der Waals surface area contributed by atoms with Crippen LogP contribution in [0.25, 0.3) is 27.0 Å². The van der Waals surface area contributed by atoms with Crippen molar-refractivity contribution >= 4 is 38.9 Å². The Hall–Kier alpha value is -4.05. The van der Waals surface area contributed by atoms with Crippen LogP contribution in [0.5, 0.6) is 0 Å². The van der Waals surface area contributed by atoms with Gasteiger partial charge in [-0.25, -0.2) is 9.97 Å². The van der Waals surface area contributed by atoms with E-state index in [1.807, 2.05) is 34.4 Å². The molecule has 0 spiro atoms. The van der Waals surface area contributed by atoms with Crippen molar-refractivity contribution in [1.29, 1.82) is 0 Å². The molecule has 190 valence electrons. The normalized spacial score (nSPS) is 12.1. The first-order valence-electron chi connectivity index (χ1n) is 12.4. The Morgan fingerprint density at radius 3 is 2.89 bits per heavy atom. The molecule has 0 aliphatic rings. The fourth-order valence-corrected chi connectivity index (χ4v) is 5.12. The number of hydrogen-bond acceptors (Lipinski definition) is 6. The van der Waals surface area contributed by atoms with Crippen LogP contribution in [-0.2, 0) is 16.0 Å². The molecule has 0 radical (unpaired) electrons. The molecule has 3 N–H and O–H groups in total. The van der Waals surface area contributed by atoms with Gasteiger partial charge < -0.3 is 15.6 Å². The van der Waals surface area contributed by atoms with Crippen LogP contribution in [0.4, 0.5) is 0 Å². The van der Waals surface area contributed by atoms with Gasteiger partial charge in [-0.1, -0.05) is 25.0 Å². The molecular weight excluding hydrogens is 486 g/mol. The van der Waals surface area contributed by atoms with Crippen LogP contribution in [-0.4, -0.2) is 43.2 Å². The van der Waals surface area contributed by atoms with Crippen molar-refractivity contribution in [1.82, 2.24) is 35.0 Å². The number of nitrogens with zero attached hydrogens (tertiary/aromatic N) is 4. The summed E-state index contributed by atoms with van der Waals surface area (Å²) in [6.45, 7) is 0. The number of fused-ring (bicyclic) bond motifs is 2. The summed E-state index contributed by atoms with van der Waals surface area (Å²) in [4.78, 5) is 42.2. The monoisotopic (exact) mass is 515 g/mol. The fraction of sp³-hybridized carbons (Fsp3) is 0.296. The van der Waals surface area contributed by atoms with Gasteiger partial charge in [0.15, 0.2) is 4.96 Å². The summed E-state index contributed by atoms with van der Waals surface area (Å²) >= 11 is 1.54. The molecule has 0 bridgehead atoms. The predicted molar refractivity (Wildman–Crippen MR) is 144 cm³/mol. The average Bonchev–Trinajstić information content (AvgIpc) is 3.64. The Bertz CT molecular complexity index is 1490. The second-order valence-electron chi connectivity index (χ2n) is 9.01. The van der Waals surface area contributed by atoms with Gasteiger partial charge in [-0.05, 0) is 30.4 Å². The van der Waals surface area contributed by atoms with E-state index in [1.165, 1.54) is 11.3 Å². The number of carbonyl (C=O) groups excluding carboxylic acids is 2. The molecule has 0 aliphatic carbocycles. The number of benzene rings is 1. The number of imidazole rings is 2. The minimum atomic E-state index is -0.271. The molecule has 1 atom stereocenters. The van der Waals surface area contributed by atoms with Crippen LogP contribution in [0.1, 0.15) is 49.7 Å². The van der Waals surface area contributed by atoms with E-state index >= 15 is 0 Å². The Kier molecular flexibility index (Phi) is 7.55. The van der Waals surface area contributed by atoms with Gasteiger partial charge in [0.05, 0.1) is 30.0 Å². The fourth-order valence-electron chi connectivity index (χ4n) is 4.40. The number of nitrogens with one attached hydrogen (secondary N) is 3. The SMILES string of the molecule is CNC(=O)CCCCC[C@H](NC(=O)Cc1cn2ccsc2n1)c1ncc(-c2ccc3ccncc3c2)[nH]1. The highest BCUT2D eigenvalue weighted by molar-refractivity contribution is 7.15. The number of aromatic amines is 1. The van der Waals surface area contributed by atoms with E-state index in [0.29, 0.717) is 18.7 Å². The maximum atomic E-state index is 13.0. The number of amides is 2. The molecule has 5 aromatic rings. The summed E-state index contributed by atoms with van der Waals surface area (Å²) in [7, 11) is 1.65. The van der Waals surface area contributed by atoms with Crippen molar-refractivity contribution in [2.75, 3.05) is 7.05 Å². The summed E-state index contributed by atoms with van der Waals surface area (Å²) in [5.41, 5.74) is 2.63. The number of H-pyrrole nitrogens is 1.